The molecule has 0 aliphatic carbocycles. The Morgan fingerprint density at radius 1 is 0.870 bits per heavy atom. The van der Waals surface area contributed by atoms with Crippen LogP contribution in [0.15, 0.2) is 0 Å². The van der Waals surface area contributed by atoms with Crippen molar-refractivity contribution in [2.45, 2.75) is 90.0 Å². The Labute approximate surface area is 162 Å². The van der Waals surface area contributed by atoms with Crippen LogP contribution in [0.3, 0.4) is 0 Å². The van der Waals surface area contributed by atoms with E-state index in [2.05, 4.69) is 12.2 Å². The number of hydrogen-bond donors (Lipinski definition) is 3. The molecule has 0 saturated heterocycles. The molecule has 0 rings (SSSR count). The summed E-state index contributed by atoms with van der Waals surface area (Å²) < 4.78 is 0. The van der Waals surface area contributed by atoms with Crippen LogP contribution in [-0.2, 0) is 9.59 Å². The molecule has 6 heteroatoms. The van der Waals surface area contributed by atoms with Crippen molar-refractivity contribution in [3.05, 3.63) is 0 Å². The van der Waals surface area contributed by atoms with Crippen LogP contribution in [0.2, 0.25) is 0 Å². The molecule has 0 unspecified atom stereocenters. The van der Waals surface area contributed by atoms with Crippen LogP contribution in [0.25, 0.3) is 0 Å². The van der Waals surface area contributed by atoms with Crippen LogP contribution >= 0.6 is 0 Å². The van der Waals surface area contributed by atoms with Crippen molar-refractivity contribution in [1.29, 1.82) is 0 Å². The average molecular weight is 339 g/mol. The second-order valence-corrected chi connectivity index (χ2v) is 5.93. The van der Waals surface area contributed by atoms with Gasteiger partial charge in [-0.05, 0) is 6.42 Å². The molecule has 0 spiro atoms. The topological polar surface area (TPSA) is 86.6 Å². The van der Waals surface area contributed by atoms with Crippen LogP contribution in [0, 0.1) is 0 Å². The number of carbonyl (C=O) groups excluding carboxylic acids is 1. The van der Waals surface area contributed by atoms with E-state index < -0.39 is 18.6 Å². The number of carboxylic acids is 1. The Bertz CT molecular complexity index is 300. The van der Waals surface area contributed by atoms with Crippen LogP contribution in [0.1, 0.15) is 84.0 Å². The van der Waals surface area contributed by atoms with Crippen molar-refractivity contribution < 1.29 is 19.8 Å². The number of rotatable bonds is 15. The predicted molar refractivity (Wildman–Crippen MR) is 94.9 cm³/mol. The Morgan fingerprint density at radius 2 is 1.30 bits per heavy atom. The van der Waals surface area contributed by atoms with Crippen LogP contribution < -0.4 is 5.32 Å². The van der Waals surface area contributed by atoms with Crippen molar-refractivity contribution in [2.75, 3.05) is 6.61 Å². The third kappa shape index (κ3) is 16.5. The van der Waals surface area contributed by atoms with Gasteiger partial charge in [-0.25, -0.2) is 4.79 Å². The first-order valence-electron chi connectivity index (χ1n) is 8.74. The number of hydrogen-bond acceptors (Lipinski definition) is 3. The van der Waals surface area contributed by atoms with E-state index in [1.165, 1.54) is 51.4 Å². The Kier molecular flexibility index (Phi) is 19.9. The fraction of sp³-hybridized carbons (Fsp3) is 0.882. The van der Waals surface area contributed by atoms with Crippen molar-refractivity contribution in [2.24, 2.45) is 0 Å². The molecule has 1 atom stereocenters. The summed E-state index contributed by atoms with van der Waals surface area (Å²) in [4.78, 5) is 22.1. The molecule has 0 saturated carbocycles. The van der Waals surface area contributed by atoms with E-state index in [0.29, 0.717) is 6.42 Å². The molecule has 5 nitrogen and oxygen atoms in total. The zero-order valence-electron chi connectivity index (χ0n) is 14.0. The molecule has 0 radical (unpaired) electrons. The average Bonchev–Trinajstić information content (AvgIpc) is 2.50. The van der Waals surface area contributed by atoms with Gasteiger partial charge in [-0.1, -0.05) is 71.1 Å². The maximum atomic E-state index is 11.5. The van der Waals surface area contributed by atoms with Crippen LogP contribution in [0.5, 0.6) is 0 Å². The molecule has 0 aromatic rings. The first kappa shape index (κ1) is 25.1. The van der Waals surface area contributed by atoms with E-state index >= 15 is 0 Å². The van der Waals surface area contributed by atoms with E-state index in [0.717, 1.165) is 19.3 Å². The molecular formula is C17H34NNaO4. The number of unbranched alkanes of at least 4 members (excludes halogenated alkanes) is 10. The summed E-state index contributed by atoms with van der Waals surface area (Å²) in [7, 11) is 0. The zero-order chi connectivity index (χ0) is 16.6. The van der Waals surface area contributed by atoms with E-state index in [1.54, 1.807) is 0 Å². The summed E-state index contributed by atoms with van der Waals surface area (Å²) in [5, 5.41) is 19.8. The van der Waals surface area contributed by atoms with Gasteiger partial charge in [-0.15, -0.1) is 0 Å². The van der Waals surface area contributed by atoms with Crippen molar-refractivity contribution in [1.82, 2.24) is 5.32 Å². The quantitative estimate of drug-likeness (QED) is 0.316. The molecule has 0 fully saturated rings. The SMILES string of the molecule is CCCCCCCCCCCCCC(=O)N[C@@H](CO)C(=O)O.[NaH]. The summed E-state index contributed by atoms with van der Waals surface area (Å²) in [6.45, 7) is 1.66. The van der Waals surface area contributed by atoms with Gasteiger partial charge in [0.15, 0.2) is 0 Å². The number of aliphatic hydroxyl groups excluding tert-OH is 1. The van der Waals surface area contributed by atoms with Gasteiger partial charge in [0.05, 0.1) is 6.61 Å². The fourth-order valence-corrected chi connectivity index (χ4v) is 2.40. The van der Waals surface area contributed by atoms with Gasteiger partial charge in [-0.2, -0.15) is 0 Å². The van der Waals surface area contributed by atoms with E-state index in [1.807, 2.05) is 0 Å². The standard InChI is InChI=1S/C17H33NO4.Na.H/c1-2-3-4-5-6-7-8-9-10-11-12-13-16(20)18-15(14-19)17(21)22;;/h15,19H,2-14H2,1H3,(H,18,20)(H,21,22);;/t15-;;/m0../s1. The third-order valence-electron chi connectivity index (χ3n) is 3.82. The van der Waals surface area contributed by atoms with Gasteiger partial charge in [0, 0.05) is 6.42 Å². The van der Waals surface area contributed by atoms with Gasteiger partial charge in [0.2, 0.25) is 5.91 Å². The Hall–Kier alpha value is -0.100. The Balaban J connectivity index is 0. The van der Waals surface area contributed by atoms with Gasteiger partial charge in [0.1, 0.15) is 6.04 Å². The molecule has 1 amide bonds. The second kappa shape index (κ2) is 18.2. The normalized spacial score (nSPS) is 11.6. The Morgan fingerprint density at radius 3 is 1.70 bits per heavy atom. The fourth-order valence-electron chi connectivity index (χ4n) is 2.40. The summed E-state index contributed by atoms with van der Waals surface area (Å²) >= 11 is 0. The number of amides is 1. The molecule has 0 heterocycles. The molecule has 0 aliphatic heterocycles. The number of nitrogens with one attached hydrogen (secondary N) is 1. The minimum atomic E-state index is -1.20. The van der Waals surface area contributed by atoms with E-state index in [9.17, 15) is 9.59 Å². The summed E-state index contributed by atoms with van der Waals surface area (Å²) in [6, 6.07) is -1.18. The van der Waals surface area contributed by atoms with Crippen LogP contribution in [0.4, 0.5) is 0 Å². The molecule has 0 bridgehead atoms. The number of carboxylic acid groups (broad SMARTS) is 1. The zero-order valence-corrected chi connectivity index (χ0v) is 14.0. The van der Waals surface area contributed by atoms with Crippen molar-refractivity contribution in [3.8, 4) is 0 Å². The number of aliphatic hydroxyl groups is 1. The van der Waals surface area contributed by atoms with Gasteiger partial charge in [0.25, 0.3) is 0 Å². The van der Waals surface area contributed by atoms with Gasteiger partial charge < -0.3 is 15.5 Å². The second-order valence-electron chi connectivity index (χ2n) is 5.93. The molecule has 0 aliphatic rings. The molecule has 0 aromatic heterocycles. The number of aliphatic carboxylic acids is 1. The molecule has 3 N–H and O–H groups in total. The first-order chi connectivity index (χ1) is 10.6. The van der Waals surface area contributed by atoms with Crippen molar-refractivity contribution >= 4 is 41.4 Å². The first-order valence-corrected chi connectivity index (χ1v) is 8.74. The summed E-state index contributed by atoms with van der Waals surface area (Å²) in [5.41, 5.74) is 0. The van der Waals surface area contributed by atoms with Crippen LogP contribution in [-0.4, -0.2) is 64.3 Å². The molecule has 23 heavy (non-hydrogen) atoms. The maximum absolute atomic E-state index is 11.5. The van der Waals surface area contributed by atoms with E-state index in [-0.39, 0.29) is 35.5 Å². The molecular weight excluding hydrogens is 305 g/mol. The monoisotopic (exact) mass is 339 g/mol. The van der Waals surface area contributed by atoms with Gasteiger partial charge >= 0.3 is 35.5 Å². The summed E-state index contributed by atoms with van der Waals surface area (Å²) in [5.74, 6) is -1.49. The minimum absolute atomic E-state index is 0. The molecule has 0 aromatic carbocycles. The number of carbonyl (C=O) groups is 2. The predicted octanol–water partition coefficient (Wildman–Crippen LogP) is 2.60. The van der Waals surface area contributed by atoms with Gasteiger partial charge in [-0.3, -0.25) is 4.79 Å². The van der Waals surface area contributed by atoms with E-state index in [4.69, 9.17) is 10.2 Å². The third-order valence-corrected chi connectivity index (χ3v) is 3.82. The molecule has 132 valence electrons. The summed E-state index contributed by atoms with van der Waals surface area (Å²) in [6.07, 6.45) is 13.7. The van der Waals surface area contributed by atoms with Crippen molar-refractivity contribution in [3.63, 3.8) is 0 Å².